The number of benzene rings is 1. The highest BCUT2D eigenvalue weighted by Crippen LogP contribution is 2.32. The Kier molecular flexibility index (Phi) is 4.08. The number of fused-ring (bicyclic) bond motifs is 1. The van der Waals surface area contributed by atoms with Crippen molar-refractivity contribution in [3.05, 3.63) is 72.3 Å². The van der Waals surface area contributed by atoms with Crippen molar-refractivity contribution in [2.45, 2.75) is 0 Å². The number of anilines is 1. The fraction of sp³-hybridized carbons (Fsp3) is 0.0952. The predicted molar refractivity (Wildman–Crippen MR) is 105 cm³/mol. The van der Waals surface area contributed by atoms with E-state index in [1.54, 1.807) is 42.9 Å². The van der Waals surface area contributed by atoms with Crippen molar-refractivity contribution in [3.63, 3.8) is 0 Å². The second kappa shape index (κ2) is 6.57. The van der Waals surface area contributed by atoms with Crippen molar-refractivity contribution in [1.82, 2.24) is 15.0 Å². The number of pyridine rings is 2. The molecule has 0 aliphatic carbocycles. The molecule has 0 radical (unpaired) electrons. The zero-order chi connectivity index (χ0) is 19.0. The van der Waals surface area contributed by atoms with E-state index >= 15 is 0 Å². The Hall–Kier alpha value is -3.67. The normalized spacial score (nSPS) is 10.9. The van der Waals surface area contributed by atoms with Crippen LogP contribution >= 0.6 is 0 Å². The summed E-state index contributed by atoms with van der Waals surface area (Å²) in [4.78, 5) is 26.2. The van der Waals surface area contributed by atoms with E-state index < -0.39 is 0 Å². The van der Waals surface area contributed by atoms with Gasteiger partial charge in [-0.1, -0.05) is 12.1 Å². The molecule has 3 aromatic heterocycles. The molecule has 0 aliphatic rings. The van der Waals surface area contributed by atoms with E-state index in [1.807, 2.05) is 37.2 Å². The Morgan fingerprint density at radius 1 is 1.07 bits per heavy atom. The summed E-state index contributed by atoms with van der Waals surface area (Å²) in [6.45, 7) is 0. The molecule has 2 N–H and O–H groups in total. The number of nitrogens with one attached hydrogen (secondary N) is 1. The largest absolute Gasteiger partial charge is 0.506 e. The summed E-state index contributed by atoms with van der Waals surface area (Å²) >= 11 is 0. The van der Waals surface area contributed by atoms with Crippen LogP contribution < -0.4 is 4.90 Å². The van der Waals surface area contributed by atoms with Crippen molar-refractivity contribution in [3.8, 4) is 16.9 Å². The summed E-state index contributed by atoms with van der Waals surface area (Å²) in [7, 11) is 3.75. The maximum Gasteiger partial charge on any atom is 0.213 e. The second-order valence-corrected chi connectivity index (χ2v) is 6.46. The van der Waals surface area contributed by atoms with Gasteiger partial charge >= 0.3 is 0 Å². The van der Waals surface area contributed by atoms with Crippen molar-refractivity contribution in [1.29, 1.82) is 0 Å². The van der Waals surface area contributed by atoms with Gasteiger partial charge in [0, 0.05) is 43.6 Å². The van der Waals surface area contributed by atoms with Gasteiger partial charge in [0.15, 0.2) is 0 Å². The molecule has 3 heterocycles. The fourth-order valence-corrected chi connectivity index (χ4v) is 3.07. The highest BCUT2D eigenvalue weighted by Gasteiger charge is 2.16. The molecule has 0 saturated carbocycles. The molecule has 0 atom stereocenters. The lowest BCUT2D eigenvalue weighted by atomic mass is 10.0. The predicted octanol–water partition coefficient (Wildman–Crippen LogP) is 3.63. The fourth-order valence-electron chi connectivity index (χ4n) is 3.07. The standard InChI is InChI=1S/C21H18N4O2/c1-25(2)18-7-6-13(10-19(18)26)14-9-15-16(12-24-21(15)23-11-14)20(27)17-5-3-4-8-22-17/h3-12,26H,1-2H3,(H,23,24). The Labute approximate surface area is 156 Å². The molecule has 0 aliphatic heterocycles. The molecule has 134 valence electrons. The minimum absolute atomic E-state index is 0.161. The Bertz CT molecular complexity index is 1130. The number of ketones is 1. The van der Waals surface area contributed by atoms with E-state index in [0.717, 1.165) is 22.2 Å². The molecular weight excluding hydrogens is 340 g/mol. The number of aromatic amines is 1. The van der Waals surface area contributed by atoms with Gasteiger partial charge in [0.1, 0.15) is 17.1 Å². The minimum Gasteiger partial charge on any atom is -0.506 e. The quantitative estimate of drug-likeness (QED) is 0.545. The number of rotatable bonds is 4. The molecule has 6 nitrogen and oxygen atoms in total. The van der Waals surface area contributed by atoms with E-state index in [-0.39, 0.29) is 11.5 Å². The molecule has 0 bridgehead atoms. The maximum absolute atomic E-state index is 12.8. The van der Waals surface area contributed by atoms with Gasteiger partial charge in [-0.3, -0.25) is 9.78 Å². The SMILES string of the molecule is CN(C)c1ccc(-c2cnc3[nH]cc(C(=O)c4ccccn4)c3c2)cc1O. The van der Waals surface area contributed by atoms with Gasteiger partial charge in [0.25, 0.3) is 0 Å². The number of aromatic hydroxyl groups is 1. The number of hydrogen-bond acceptors (Lipinski definition) is 5. The van der Waals surface area contributed by atoms with Gasteiger partial charge < -0.3 is 15.0 Å². The van der Waals surface area contributed by atoms with Crippen LogP contribution in [0.3, 0.4) is 0 Å². The van der Waals surface area contributed by atoms with Crippen molar-refractivity contribution in [2.75, 3.05) is 19.0 Å². The van der Waals surface area contributed by atoms with Gasteiger partial charge in [0.05, 0.1) is 11.3 Å². The zero-order valence-electron chi connectivity index (χ0n) is 15.0. The number of carbonyl (C=O) groups excluding carboxylic acids is 1. The first-order chi connectivity index (χ1) is 13.0. The van der Waals surface area contributed by atoms with Crippen LogP contribution in [0, 0.1) is 0 Å². The molecule has 1 aromatic carbocycles. The maximum atomic E-state index is 12.8. The summed E-state index contributed by atoms with van der Waals surface area (Å²) in [5.74, 6) is 0.0306. The second-order valence-electron chi connectivity index (χ2n) is 6.46. The van der Waals surface area contributed by atoms with Crippen LogP contribution in [0.15, 0.2) is 61.1 Å². The first-order valence-corrected chi connectivity index (χ1v) is 8.48. The topological polar surface area (TPSA) is 82.1 Å². The molecule has 0 saturated heterocycles. The Morgan fingerprint density at radius 2 is 1.93 bits per heavy atom. The molecule has 27 heavy (non-hydrogen) atoms. The number of aromatic nitrogens is 3. The summed E-state index contributed by atoms with van der Waals surface area (Å²) < 4.78 is 0. The number of phenols is 1. The molecule has 4 rings (SSSR count). The average Bonchev–Trinajstić information content (AvgIpc) is 3.11. The van der Waals surface area contributed by atoms with Crippen molar-refractivity contribution >= 4 is 22.5 Å². The highest BCUT2D eigenvalue weighted by molar-refractivity contribution is 6.15. The number of carbonyl (C=O) groups is 1. The lowest BCUT2D eigenvalue weighted by Gasteiger charge is -2.15. The van der Waals surface area contributed by atoms with Crippen molar-refractivity contribution in [2.24, 2.45) is 0 Å². The number of nitrogens with zero attached hydrogens (tertiary/aromatic N) is 3. The molecule has 0 fully saturated rings. The molecule has 4 aromatic rings. The number of H-pyrrole nitrogens is 1. The van der Waals surface area contributed by atoms with E-state index in [0.29, 0.717) is 16.9 Å². The highest BCUT2D eigenvalue weighted by atomic mass is 16.3. The minimum atomic E-state index is -0.161. The molecule has 0 amide bonds. The van der Waals surface area contributed by atoms with Crippen LogP contribution in [0.4, 0.5) is 5.69 Å². The zero-order valence-corrected chi connectivity index (χ0v) is 15.0. The van der Waals surface area contributed by atoms with E-state index in [4.69, 9.17) is 0 Å². The van der Waals surface area contributed by atoms with Gasteiger partial charge in [0.2, 0.25) is 5.78 Å². The van der Waals surface area contributed by atoms with Crippen LogP contribution in [0.5, 0.6) is 5.75 Å². The third-order valence-electron chi connectivity index (χ3n) is 4.46. The monoisotopic (exact) mass is 358 g/mol. The molecule has 6 heteroatoms. The van der Waals surface area contributed by atoms with Crippen molar-refractivity contribution < 1.29 is 9.90 Å². The lowest BCUT2D eigenvalue weighted by molar-refractivity contribution is 0.103. The van der Waals surface area contributed by atoms with Crippen LogP contribution in [-0.2, 0) is 0 Å². The van der Waals surface area contributed by atoms with Crippen LogP contribution in [-0.4, -0.2) is 39.9 Å². The van der Waals surface area contributed by atoms with Crippen LogP contribution in [0.2, 0.25) is 0 Å². The first kappa shape index (κ1) is 16.8. The van der Waals surface area contributed by atoms with Crippen LogP contribution in [0.25, 0.3) is 22.2 Å². The Morgan fingerprint density at radius 3 is 2.63 bits per heavy atom. The van der Waals surface area contributed by atoms with E-state index in [1.165, 1.54) is 0 Å². The van der Waals surface area contributed by atoms with E-state index in [2.05, 4.69) is 15.0 Å². The number of hydrogen-bond donors (Lipinski definition) is 2. The summed E-state index contributed by atoms with van der Waals surface area (Å²) in [6.07, 6.45) is 4.98. The Balaban J connectivity index is 1.79. The summed E-state index contributed by atoms with van der Waals surface area (Å²) in [6, 6.07) is 12.6. The average molecular weight is 358 g/mol. The van der Waals surface area contributed by atoms with Gasteiger partial charge in [-0.25, -0.2) is 4.98 Å². The van der Waals surface area contributed by atoms with Gasteiger partial charge in [-0.15, -0.1) is 0 Å². The lowest BCUT2D eigenvalue weighted by Crippen LogP contribution is -2.08. The van der Waals surface area contributed by atoms with Crippen LogP contribution in [0.1, 0.15) is 16.1 Å². The molecule has 0 spiro atoms. The number of phenolic OH excluding ortho intramolecular Hbond substituents is 1. The van der Waals surface area contributed by atoms with Gasteiger partial charge in [-0.2, -0.15) is 0 Å². The summed E-state index contributed by atoms with van der Waals surface area (Å²) in [5, 5.41) is 11.0. The van der Waals surface area contributed by atoms with Gasteiger partial charge in [-0.05, 0) is 35.9 Å². The first-order valence-electron chi connectivity index (χ1n) is 8.48. The summed E-state index contributed by atoms with van der Waals surface area (Å²) in [5.41, 5.74) is 3.92. The third kappa shape index (κ3) is 3.01. The smallest absolute Gasteiger partial charge is 0.213 e. The molecule has 0 unspecified atom stereocenters. The molecular formula is C21H18N4O2. The third-order valence-corrected chi connectivity index (χ3v) is 4.46. The van der Waals surface area contributed by atoms with E-state index in [9.17, 15) is 9.90 Å².